The van der Waals surface area contributed by atoms with Crippen molar-refractivity contribution in [1.82, 2.24) is 9.80 Å². The van der Waals surface area contributed by atoms with Crippen LogP contribution in [0.4, 0.5) is 0 Å². The van der Waals surface area contributed by atoms with E-state index in [0.717, 1.165) is 57.3 Å². The summed E-state index contributed by atoms with van der Waals surface area (Å²) in [7, 11) is 0. The van der Waals surface area contributed by atoms with E-state index in [1.54, 1.807) is 0 Å². The number of benzene rings is 2. The van der Waals surface area contributed by atoms with Crippen molar-refractivity contribution in [3.05, 3.63) is 71.3 Å². The van der Waals surface area contributed by atoms with E-state index in [9.17, 15) is 4.79 Å². The first-order valence-electron chi connectivity index (χ1n) is 13.7. The van der Waals surface area contributed by atoms with Crippen molar-refractivity contribution in [1.29, 1.82) is 0 Å². The second kappa shape index (κ2) is 14.7. The molecule has 0 radical (unpaired) electrons. The van der Waals surface area contributed by atoms with E-state index in [4.69, 9.17) is 0 Å². The predicted molar refractivity (Wildman–Crippen MR) is 147 cm³/mol. The SMILES string of the molecule is CCCC#Cc1ccc(CN(C(=O)C2CCCCC2)C(C)CCN(CC)Cc2ccccc2)cc1. The van der Waals surface area contributed by atoms with Gasteiger partial charge in [-0.05, 0) is 62.4 Å². The molecular formula is C32H44N2O. The van der Waals surface area contributed by atoms with Crippen molar-refractivity contribution in [2.24, 2.45) is 5.92 Å². The van der Waals surface area contributed by atoms with Crippen molar-refractivity contribution in [3.63, 3.8) is 0 Å². The Bertz CT molecular complexity index is 935. The lowest BCUT2D eigenvalue weighted by atomic mass is 9.87. The molecule has 0 heterocycles. The lowest BCUT2D eigenvalue weighted by molar-refractivity contribution is -0.139. The Hall–Kier alpha value is -2.57. The molecule has 1 aliphatic rings. The average Bonchev–Trinajstić information content (AvgIpc) is 2.91. The summed E-state index contributed by atoms with van der Waals surface area (Å²) in [6.45, 7) is 10.3. The number of amides is 1. The number of hydrogen-bond acceptors (Lipinski definition) is 2. The van der Waals surface area contributed by atoms with E-state index < -0.39 is 0 Å². The first-order valence-corrected chi connectivity index (χ1v) is 13.7. The molecule has 0 N–H and O–H groups in total. The molecule has 35 heavy (non-hydrogen) atoms. The van der Waals surface area contributed by atoms with Crippen LogP contribution in [0.15, 0.2) is 54.6 Å². The number of carbonyl (C=O) groups is 1. The van der Waals surface area contributed by atoms with Crippen LogP contribution in [0.1, 0.15) is 88.8 Å². The summed E-state index contributed by atoms with van der Waals surface area (Å²) in [4.78, 5) is 18.3. The minimum absolute atomic E-state index is 0.192. The van der Waals surface area contributed by atoms with Crippen LogP contribution in [-0.4, -0.2) is 34.8 Å². The number of nitrogens with zero attached hydrogens (tertiary/aromatic N) is 2. The van der Waals surface area contributed by atoms with Gasteiger partial charge in [-0.25, -0.2) is 0 Å². The zero-order valence-corrected chi connectivity index (χ0v) is 22.1. The maximum absolute atomic E-state index is 13.7. The molecule has 0 saturated heterocycles. The van der Waals surface area contributed by atoms with Gasteiger partial charge in [0.25, 0.3) is 0 Å². The second-order valence-corrected chi connectivity index (χ2v) is 10.0. The molecule has 1 atom stereocenters. The van der Waals surface area contributed by atoms with Crippen LogP contribution >= 0.6 is 0 Å². The molecule has 3 nitrogen and oxygen atoms in total. The van der Waals surface area contributed by atoms with E-state index in [2.05, 4.69) is 97.0 Å². The zero-order chi connectivity index (χ0) is 24.9. The number of hydrogen-bond donors (Lipinski definition) is 0. The van der Waals surface area contributed by atoms with Crippen LogP contribution in [0.25, 0.3) is 0 Å². The summed E-state index contributed by atoms with van der Waals surface area (Å²) in [6, 6.07) is 19.4. The van der Waals surface area contributed by atoms with Crippen LogP contribution in [0.2, 0.25) is 0 Å². The summed E-state index contributed by atoms with van der Waals surface area (Å²) in [5.41, 5.74) is 3.60. The molecular weight excluding hydrogens is 428 g/mol. The molecule has 1 fully saturated rings. The Labute approximate surface area is 213 Å². The van der Waals surface area contributed by atoms with Gasteiger partial charge < -0.3 is 4.90 Å². The van der Waals surface area contributed by atoms with E-state index in [1.165, 1.54) is 30.4 Å². The minimum atomic E-state index is 0.192. The lowest BCUT2D eigenvalue weighted by Crippen LogP contribution is -2.43. The van der Waals surface area contributed by atoms with Crippen molar-refractivity contribution in [2.75, 3.05) is 13.1 Å². The molecule has 3 heteroatoms. The Balaban J connectivity index is 1.67. The molecule has 0 aromatic heterocycles. The highest BCUT2D eigenvalue weighted by molar-refractivity contribution is 5.79. The fourth-order valence-corrected chi connectivity index (χ4v) is 4.93. The van der Waals surface area contributed by atoms with Crippen molar-refractivity contribution >= 4 is 5.91 Å². The highest BCUT2D eigenvalue weighted by Gasteiger charge is 2.29. The maximum Gasteiger partial charge on any atom is 0.226 e. The second-order valence-electron chi connectivity index (χ2n) is 10.0. The Morgan fingerprint density at radius 2 is 1.63 bits per heavy atom. The van der Waals surface area contributed by atoms with Crippen LogP contribution < -0.4 is 0 Å². The Morgan fingerprint density at radius 3 is 2.29 bits per heavy atom. The normalized spacial score (nSPS) is 14.9. The van der Waals surface area contributed by atoms with Gasteiger partial charge in [-0.2, -0.15) is 0 Å². The third-order valence-electron chi connectivity index (χ3n) is 7.24. The highest BCUT2D eigenvalue weighted by Crippen LogP contribution is 2.27. The van der Waals surface area contributed by atoms with E-state index in [1.807, 2.05) is 0 Å². The minimum Gasteiger partial charge on any atom is -0.335 e. The van der Waals surface area contributed by atoms with Crippen LogP contribution in [-0.2, 0) is 17.9 Å². The van der Waals surface area contributed by atoms with E-state index >= 15 is 0 Å². The first kappa shape index (κ1) is 27.0. The number of rotatable bonds is 11. The molecule has 0 bridgehead atoms. The van der Waals surface area contributed by atoms with Gasteiger partial charge in [0, 0.05) is 43.6 Å². The van der Waals surface area contributed by atoms with E-state index in [-0.39, 0.29) is 12.0 Å². The van der Waals surface area contributed by atoms with Gasteiger partial charge in [0.15, 0.2) is 0 Å². The van der Waals surface area contributed by atoms with Gasteiger partial charge in [0.2, 0.25) is 5.91 Å². The van der Waals surface area contributed by atoms with Gasteiger partial charge in [0.1, 0.15) is 0 Å². The van der Waals surface area contributed by atoms with Crippen LogP contribution in [0, 0.1) is 17.8 Å². The summed E-state index contributed by atoms with van der Waals surface area (Å²) in [5, 5.41) is 0. The van der Waals surface area contributed by atoms with Gasteiger partial charge in [0.05, 0.1) is 0 Å². The maximum atomic E-state index is 13.7. The molecule has 188 valence electrons. The van der Waals surface area contributed by atoms with Crippen molar-refractivity contribution in [3.8, 4) is 11.8 Å². The summed E-state index contributed by atoms with van der Waals surface area (Å²) >= 11 is 0. The molecule has 1 aliphatic carbocycles. The Kier molecular flexibility index (Phi) is 11.4. The smallest absolute Gasteiger partial charge is 0.226 e. The van der Waals surface area contributed by atoms with Gasteiger partial charge in [-0.15, -0.1) is 0 Å². The average molecular weight is 473 g/mol. The molecule has 1 unspecified atom stereocenters. The van der Waals surface area contributed by atoms with Gasteiger partial charge >= 0.3 is 0 Å². The topological polar surface area (TPSA) is 23.6 Å². The standard InChI is InChI=1S/C32H44N2O/c1-4-6-9-14-28-19-21-30(22-20-28)26-34(32(35)31-17-12-8-13-18-31)27(3)23-24-33(5-2)25-29-15-10-7-11-16-29/h7,10-11,15-16,19-22,27,31H,4-6,8,12-13,17-18,23-26H2,1-3H3. The molecule has 1 saturated carbocycles. The molecule has 2 aromatic carbocycles. The molecule has 1 amide bonds. The quantitative estimate of drug-likeness (QED) is 0.327. The molecule has 2 aromatic rings. The third kappa shape index (κ3) is 8.86. The van der Waals surface area contributed by atoms with E-state index in [0.29, 0.717) is 12.5 Å². The van der Waals surface area contributed by atoms with Gasteiger partial charge in [-0.1, -0.05) is 87.4 Å². The largest absolute Gasteiger partial charge is 0.335 e. The zero-order valence-electron chi connectivity index (χ0n) is 22.1. The molecule has 3 rings (SSSR count). The lowest BCUT2D eigenvalue weighted by Gasteiger charge is -2.35. The van der Waals surface area contributed by atoms with Crippen LogP contribution in [0.5, 0.6) is 0 Å². The third-order valence-corrected chi connectivity index (χ3v) is 7.24. The number of unbranched alkanes of at least 4 members (excludes halogenated alkanes) is 1. The molecule has 0 aliphatic heterocycles. The summed E-state index contributed by atoms with van der Waals surface area (Å²) in [6.07, 6.45) is 8.73. The summed E-state index contributed by atoms with van der Waals surface area (Å²) < 4.78 is 0. The highest BCUT2D eigenvalue weighted by atomic mass is 16.2. The van der Waals surface area contributed by atoms with Gasteiger partial charge in [-0.3, -0.25) is 9.69 Å². The monoisotopic (exact) mass is 472 g/mol. The van der Waals surface area contributed by atoms with Crippen molar-refractivity contribution < 1.29 is 4.79 Å². The fraction of sp³-hybridized carbons (Fsp3) is 0.531. The summed E-state index contributed by atoms with van der Waals surface area (Å²) in [5.74, 6) is 7.02. The number of carbonyl (C=O) groups excluding carboxylic acids is 1. The van der Waals surface area contributed by atoms with Crippen LogP contribution in [0.3, 0.4) is 0 Å². The molecule has 0 spiro atoms. The Morgan fingerprint density at radius 1 is 0.943 bits per heavy atom. The van der Waals surface area contributed by atoms with Crippen molar-refractivity contribution in [2.45, 2.75) is 91.3 Å². The predicted octanol–water partition coefficient (Wildman–Crippen LogP) is 7.05. The first-order chi connectivity index (χ1) is 17.1. The fourth-order valence-electron chi connectivity index (χ4n) is 4.93.